The molecule has 0 saturated carbocycles. The molecule has 1 saturated heterocycles. The molecule has 1 fully saturated rings. The monoisotopic (exact) mass is 417 g/mol. The summed E-state index contributed by atoms with van der Waals surface area (Å²) in [5.41, 5.74) is 3.48. The van der Waals surface area contributed by atoms with Crippen LogP contribution in [0.5, 0.6) is 0 Å². The Hall–Kier alpha value is -1.94. The number of benzene rings is 1. The van der Waals surface area contributed by atoms with Crippen molar-refractivity contribution in [3.8, 4) is 0 Å². The molecule has 1 aromatic rings. The zero-order chi connectivity index (χ0) is 20.7. The number of carbonyl (C=O) groups is 1. The fourth-order valence-corrected chi connectivity index (χ4v) is 4.59. The van der Waals surface area contributed by atoms with E-state index in [0.29, 0.717) is 5.75 Å². The molecule has 3 rings (SSSR count). The molecule has 1 aromatic carbocycles. The molecule has 0 aromatic heterocycles. The normalized spacial score (nSPS) is 27.1. The minimum absolute atomic E-state index is 0.0146. The molecule has 6 nitrogen and oxygen atoms in total. The SMILES string of the molecule is CC(C)(C)OC(=O)NC1=NC2(c3cc(N)cc(F)c3F)COC(CF)C2CS1. The van der Waals surface area contributed by atoms with Crippen molar-refractivity contribution in [3.63, 3.8) is 0 Å². The number of hydrogen-bond donors (Lipinski definition) is 2. The first-order chi connectivity index (χ1) is 13.1. The number of carbonyl (C=O) groups excluding carboxylic acids is 1. The Labute approximate surface area is 165 Å². The minimum atomic E-state index is -1.40. The molecule has 10 heteroatoms. The lowest BCUT2D eigenvalue weighted by Gasteiger charge is -2.36. The van der Waals surface area contributed by atoms with Gasteiger partial charge in [0.1, 0.15) is 17.8 Å². The van der Waals surface area contributed by atoms with Crippen LogP contribution in [0.1, 0.15) is 26.3 Å². The first-order valence-corrected chi connectivity index (χ1v) is 9.69. The number of nitrogens with one attached hydrogen (secondary N) is 1. The summed E-state index contributed by atoms with van der Waals surface area (Å²) >= 11 is 1.16. The average Bonchev–Trinajstić information content (AvgIpc) is 2.95. The molecule has 2 aliphatic heterocycles. The fraction of sp³-hybridized carbons (Fsp3) is 0.556. The van der Waals surface area contributed by atoms with Crippen molar-refractivity contribution in [3.05, 3.63) is 29.3 Å². The van der Waals surface area contributed by atoms with Crippen molar-refractivity contribution < 1.29 is 27.4 Å². The van der Waals surface area contributed by atoms with Gasteiger partial charge in [-0.2, -0.15) is 0 Å². The van der Waals surface area contributed by atoms with E-state index in [1.165, 1.54) is 6.07 Å². The van der Waals surface area contributed by atoms with Gasteiger partial charge in [0.2, 0.25) is 0 Å². The van der Waals surface area contributed by atoms with Gasteiger partial charge < -0.3 is 15.2 Å². The number of nitrogens with zero attached hydrogens (tertiary/aromatic N) is 1. The number of fused-ring (bicyclic) bond motifs is 1. The van der Waals surface area contributed by atoms with E-state index in [1.54, 1.807) is 20.8 Å². The van der Waals surface area contributed by atoms with Crippen molar-refractivity contribution in [1.29, 1.82) is 0 Å². The Balaban J connectivity index is 2.02. The second-order valence-corrected chi connectivity index (χ2v) is 8.76. The lowest BCUT2D eigenvalue weighted by atomic mass is 9.78. The van der Waals surface area contributed by atoms with Gasteiger partial charge in [-0.3, -0.25) is 5.32 Å². The maximum Gasteiger partial charge on any atom is 0.413 e. The van der Waals surface area contributed by atoms with Crippen LogP contribution in [0.3, 0.4) is 0 Å². The number of thioether (sulfide) groups is 1. The Morgan fingerprint density at radius 3 is 2.82 bits per heavy atom. The summed E-state index contributed by atoms with van der Waals surface area (Å²) in [6.07, 6.45) is -1.55. The molecule has 2 aliphatic rings. The van der Waals surface area contributed by atoms with Gasteiger partial charge in [-0.05, 0) is 32.9 Å². The number of nitrogen functional groups attached to an aromatic ring is 1. The second-order valence-electron chi connectivity index (χ2n) is 7.75. The molecule has 3 unspecified atom stereocenters. The van der Waals surface area contributed by atoms with Crippen molar-refractivity contribution in [2.75, 3.05) is 24.8 Å². The Morgan fingerprint density at radius 1 is 1.46 bits per heavy atom. The molecule has 0 bridgehead atoms. The number of rotatable bonds is 2. The molecule has 154 valence electrons. The molecule has 3 atom stereocenters. The van der Waals surface area contributed by atoms with Crippen LogP contribution in [0.4, 0.5) is 23.7 Å². The van der Waals surface area contributed by atoms with Crippen molar-refractivity contribution >= 4 is 28.7 Å². The summed E-state index contributed by atoms with van der Waals surface area (Å²) < 4.78 is 52.8. The molecular weight excluding hydrogens is 395 g/mol. The molecular formula is C18H22F3N3O3S. The third kappa shape index (κ3) is 3.93. The van der Waals surface area contributed by atoms with Crippen LogP contribution in [-0.2, 0) is 15.0 Å². The number of halogens is 3. The summed E-state index contributed by atoms with van der Waals surface area (Å²) in [6, 6.07) is 2.15. The van der Waals surface area contributed by atoms with E-state index in [1.807, 2.05) is 0 Å². The van der Waals surface area contributed by atoms with E-state index >= 15 is 0 Å². The van der Waals surface area contributed by atoms with Crippen LogP contribution < -0.4 is 11.1 Å². The van der Waals surface area contributed by atoms with Crippen LogP contribution in [0.25, 0.3) is 0 Å². The quantitative estimate of drug-likeness (QED) is 0.721. The van der Waals surface area contributed by atoms with Gasteiger partial charge in [0.05, 0.1) is 12.7 Å². The van der Waals surface area contributed by atoms with Crippen molar-refractivity contribution in [2.24, 2.45) is 10.9 Å². The molecule has 2 heterocycles. The summed E-state index contributed by atoms with van der Waals surface area (Å²) in [5.74, 6) is -2.50. The summed E-state index contributed by atoms with van der Waals surface area (Å²) in [6.45, 7) is 4.18. The van der Waals surface area contributed by atoms with Crippen molar-refractivity contribution in [1.82, 2.24) is 5.32 Å². The Kier molecular flexibility index (Phi) is 5.55. The second kappa shape index (κ2) is 7.47. The predicted molar refractivity (Wildman–Crippen MR) is 101 cm³/mol. The first kappa shape index (κ1) is 20.8. The van der Waals surface area contributed by atoms with E-state index in [4.69, 9.17) is 15.2 Å². The number of alkyl carbamates (subject to hydrolysis) is 1. The largest absolute Gasteiger partial charge is 0.444 e. The maximum atomic E-state index is 14.7. The number of alkyl halides is 1. The van der Waals surface area contributed by atoms with E-state index in [9.17, 15) is 18.0 Å². The Bertz CT molecular complexity index is 815. The van der Waals surface area contributed by atoms with Gasteiger partial charge in [0.15, 0.2) is 16.8 Å². The number of ether oxygens (including phenoxy) is 2. The van der Waals surface area contributed by atoms with Crippen LogP contribution >= 0.6 is 11.8 Å². The molecule has 1 amide bonds. The zero-order valence-electron chi connectivity index (χ0n) is 15.7. The summed E-state index contributed by atoms with van der Waals surface area (Å²) in [4.78, 5) is 16.6. The maximum absolute atomic E-state index is 14.7. The third-order valence-corrected chi connectivity index (χ3v) is 5.55. The first-order valence-electron chi connectivity index (χ1n) is 8.71. The van der Waals surface area contributed by atoms with E-state index < -0.39 is 47.6 Å². The highest BCUT2D eigenvalue weighted by Gasteiger charge is 2.55. The van der Waals surface area contributed by atoms with E-state index in [2.05, 4.69) is 10.3 Å². The molecule has 3 N–H and O–H groups in total. The van der Waals surface area contributed by atoms with Gasteiger partial charge in [0.25, 0.3) is 0 Å². The fourth-order valence-electron chi connectivity index (χ4n) is 3.38. The average molecular weight is 417 g/mol. The predicted octanol–water partition coefficient (Wildman–Crippen LogP) is 3.35. The number of nitrogens with two attached hydrogens (primary N) is 1. The van der Waals surface area contributed by atoms with Crippen LogP contribution in [0.2, 0.25) is 0 Å². The smallest absolute Gasteiger partial charge is 0.413 e. The minimum Gasteiger partial charge on any atom is -0.444 e. The van der Waals surface area contributed by atoms with E-state index in [0.717, 1.165) is 17.8 Å². The molecule has 0 spiro atoms. The topological polar surface area (TPSA) is 85.9 Å². The third-order valence-electron chi connectivity index (χ3n) is 4.56. The molecule has 28 heavy (non-hydrogen) atoms. The van der Waals surface area contributed by atoms with Gasteiger partial charge in [-0.25, -0.2) is 23.0 Å². The summed E-state index contributed by atoms with van der Waals surface area (Å²) in [5, 5.41) is 2.68. The number of aliphatic imine (C=N–C) groups is 1. The number of amidine groups is 1. The van der Waals surface area contributed by atoms with Gasteiger partial charge in [0, 0.05) is 22.9 Å². The number of amides is 1. The van der Waals surface area contributed by atoms with Gasteiger partial charge >= 0.3 is 6.09 Å². The molecule has 0 radical (unpaired) electrons. The van der Waals surface area contributed by atoms with E-state index in [-0.39, 0.29) is 23.0 Å². The van der Waals surface area contributed by atoms with Gasteiger partial charge in [-0.1, -0.05) is 11.8 Å². The van der Waals surface area contributed by atoms with Crippen LogP contribution in [0, 0.1) is 17.6 Å². The zero-order valence-corrected chi connectivity index (χ0v) is 16.5. The van der Waals surface area contributed by atoms with Gasteiger partial charge in [-0.15, -0.1) is 0 Å². The highest BCUT2D eigenvalue weighted by molar-refractivity contribution is 8.13. The number of hydrogen-bond acceptors (Lipinski definition) is 6. The molecule has 0 aliphatic carbocycles. The standard InChI is InChI=1S/C18H22F3N3O3S/c1-17(2,3)27-16(25)23-15-24-18(8-26-13(6-19)11(18)7-28-15)10-4-9(22)5-12(20)14(10)21/h4-5,11,13H,6-8,22H2,1-3H3,(H,23,24,25). The highest BCUT2D eigenvalue weighted by Crippen LogP contribution is 2.49. The highest BCUT2D eigenvalue weighted by atomic mass is 32.2. The van der Waals surface area contributed by atoms with Crippen molar-refractivity contribution in [2.45, 2.75) is 38.0 Å². The lowest BCUT2D eigenvalue weighted by Crippen LogP contribution is -2.45. The number of anilines is 1. The van der Waals surface area contributed by atoms with Crippen LogP contribution in [-0.4, -0.2) is 42.0 Å². The lowest BCUT2D eigenvalue weighted by molar-refractivity contribution is 0.0563. The van der Waals surface area contributed by atoms with Crippen LogP contribution in [0.15, 0.2) is 17.1 Å². The Morgan fingerprint density at radius 2 is 2.18 bits per heavy atom. The summed E-state index contributed by atoms with van der Waals surface area (Å²) in [7, 11) is 0.